The van der Waals surface area contributed by atoms with Crippen molar-refractivity contribution in [1.29, 1.82) is 0 Å². The van der Waals surface area contributed by atoms with Gasteiger partial charge in [-0.3, -0.25) is 9.48 Å². The monoisotopic (exact) mass is 300 g/mol. The van der Waals surface area contributed by atoms with Crippen LogP contribution < -0.4 is 11.1 Å². The molecule has 1 amide bonds. The van der Waals surface area contributed by atoms with Crippen molar-refractivity contribution in [2.24, 2.45) is 5.73 Å². The summed E-state index contributed by atoms with van der Waals surface area (Å²) in [5.74, 6) is -0.319. The standard InChI is InChI=1S/C11H17BrN4O/c1-6-10(12)7(2)16(15-6)5-9(11(13)17)14-8-3-4-8/h8-9,14H,3-5H2,1-2H3,(H2,13,17). The number of carbonyl (C=O) groups is 1. The molecule has 1 fully saturated rings. The Morgan fingerprint density at radius 1 is 1.65 bits per heavy atom. The van der Waals surface area contributed by atoms with Gasteiger partial charge in [-0.1, -0.05) is 0 Å². The van der Waals surface area contributed by atoms with E-state index in [0.717, 1.165) is 28.7 Å². The first-order valence-corrected chi connectivity index (χ1v) is 6.53. The highest BCUT2D eigenvalue weighted by Crippen LogP contribution is 2.22. The molecule has 94 valence electrons. The summed E-state index contributed by atoms with van der Waals surface area (Å²) < 4.78 is 2.82. The van der Waals surface area contributed by atoms with E-state index in [2.05, 4.69) is 26.3 Å². The van der Waals surface area contributed by atoms with Crippen molar-refractivity contribution in [1.82, 2.24) is 15.1 Å². The molecule has 17 heavy (non-hydrogen) atoms. The van der Waals surface area contributed by atoms with Crippen LogP contribution in [-0.4, -0.2) is 27.8 Å². The molecule has 1 aliphatic rings. The molecule has 5 nitrogen and oxygen atoms in total. The van der Waals surface area contributed by atoms with Gasteiger partial charge in [-0.15, -0.1) is 0 Å². The first-order valence-electron chi connectivity index (χ1n) is 5.74. The van der Waals surface area contributed by atoms with E-state index in [-0.39, 0.29) is 11.9 Å². The molecule has 1 heterocycles. The minimum Gasteiger partial charge on any atom is -0.368 e. The van der Waals surface area contributed by atoms with Crippen molar-refractivity contribution < 1.29 is 4.79 Å². The highest BCUT2D eigenvalue weighted by Gasteiger charge is 2.28. The number of hydrogen-bond donors (Lipinski definition) is 2. The number of nitrogens with zero attached hydrogens (tertiary/aromatic N) is 2. The molecule has 1 atom stereocenters. The van der Waals surface area contributed by atoms with Crippen LogP contribution in [0.15, 0.2) is 4.47 Å². The molecule has 0 spiro atoms. The van der Waals surface area contributed by atoms with Crippen molar-refractivity contribution in [2.75, 3.05) is 0 Å². The molecule has 3 N–H and O–H groups in total. The third-order valence-electron chi connectivity index (χ3n) is 3.01. The summed E-state index contributed by atoms with van der Waals surface area (Å²) >= 11 is 3.47. The largest absolute Gasteiger partial charge is 0.368 e. The maximum atomic E-state index is 11.4. The Balaban J connectivity index is 2.10. The number of aromatic nitrogens is 2. The maximum Gasteiger partial charge on any atom is 0.236 e. The van der Waals surface area contributed by atoms with E-state index in [1.165, 1.54) is 0 Å². The van der Waals surface area contributed by atoms with Gasteiger partial charge in [0.15, 0.2) is 0 Å². The van der Waals surface area contributed by atoms with Crippen LogP contribution in [0, 0.1) is 13.8 Å². The summed E-state index contributed by atoms with van der Waals surface area (Å²) in [6, 6.07) is 0.111. The number of carbonyl (C=O) groups excluding carboxylic acids is 1. The quantitative estimate of drug-likeness (QED) is 0.847. The third kappa shape index (κ3) is 2.87. The van der Waals surface area contributed by atoms with Gasteiger partial charge in [-0.2, -0.15) is 5.10 Å². The Kier molecular flexibility index (Phi) is 3.53. The number of primary amides is 1. The van der Waals surface area contributed by atoms with Crippen LogP contribution in [0.5, 0.6) is 0 Å². The second-order valence-electron chi connectivity index (χ2n) is 4.56. The summed E-state index contributed by atoms with van der Waals surface area (Å²) in [5, 5.41) is 7.63. The van der Waals surface area contributed by atoms with Gasteiger partial charge in [-0.05, 0) is 42.6 Å². The Labute approximate surface area is 109 Å². The van der Waals surface area contributed by atoms with Crippen LogP contribution in [0.3, 0.4) is 0 Å². The predicted octanol–water partition coefficient (Wildman–Crippen LogP) is 0.868. The number of nitrogens with two attached hydrogens (primary N) is 1. The molecule has 1 aliphatic carbocycles. The summed E-state index contributed by atoms with van der Waals surface area (Å²) in [5.41, 5.74) is 7.35. The lowest BCUT2D eigenvalue weighted by atomic mass is 10.2. The molecule has 1 saturated carbocycles. The summed E-state index contributed by atoms with van der Waals surface area (Å²) in [4.78, 5) is 11.4. The number of nitrogens with one attached hydrogen (secondary N) is 1. The van der Waals surface area contributed by atoms with Gasteiger partial charge >= 0.3 is 0 Å². The SMILES string of the molecule is Cc1nn(CC(NC2CC2)C(N)=O)c(C)c1Br. The average molecular weight is 301 g/mol. The normalized spacial score (nSPS) is 17.1. The molecule has 0 bridgehead atoms. The molecule has 1 aromatic rings. The first-order chi connectivity index (χ1) is 7.99. The van der Waals surface area contributed by atoms with Crippen LogP contribution in [0.2, 0.25) is 0 Å². The van der Waals surface area contributed by atoms with Gasteiger partial charge in [0.2, 0.25) is 5.91 Å². The molecule has 0 saturated heterocycles. The highest BCUT2D eigenvalue weighted by molar-refractivity contribution is 9.10. The van der Waals surface area contributed by atoms with Crippen molar-refractivity contribution in [2.45, 2.75) is 45.3 Å². The van der Waals surface area contributed by atoms with E-state index >= 15 is 0 Å². The van der Waals surface area contributed by atoms with E-state index in [1.54, 1.807) is 0 Å². The molecule has 0 aromatic carbocycles. The predicted molar refractivity (Wildman–Crippen MR) is 68.5 cm³/mol. The molecule has 2 rings (SSSR count). The smallest absolute Gasteiger partial charge is 0.236 e. The van der Waals surface area contributed by atoms with Crippen LogP contribution in [-0.2, 0) is 11.3 Å². The summed E-state index contributed by atoms with van der Waals surface area (Å²) in [6.07, 6.45) is 2.26. The molecule has 6 heteroatoms. The molecule has 0 radical (unpaired) electrons. The number of rotatable bonds is 5. The van der Waals surface area contributed by atoms with Crippen LogP contribution in [0.4, 0.5) is 0 Å². The lowest BCUT2D eigenvalue weighted by Gasteiger charge is -2.15. The Morgan fingerprint density at radius 2 is 2.29 bits per heavy atom. The highest BCUT2D eigenvalue weighted by atomic mass is 79.9. The van der Waals surface area contributed by atoms with Crippen LogP contribution in [0.1, 0.15) is 24.2 Å². The van der Waals surface area contributed by atoms with Gasteiger partial charge in [0.25, 0.3) is 0 Å². The number of aryl methyl sites for hydroxylation is 1. The average Bonchev–Trinajstić information content (AvgIpc) is 3.04. The lowest BCUT2D eigenvalue weighted by Crippen LogP contribution is -2.45. The van der Waals surface area contributed by atoms with Crippen molar-refractivity contribution >= 4 is 21.8 Å². The van der Waals surface area contributed by atoms with Gasteiger partial charge < -0.3 is 11.1 Å². The lowest BCUT2D eigenvalue weighted by molar-refractivity contribution is -0.120. The molecular formula is C11H17BrN4O. The fourth-order valence-electron chi connectivity index (χ4n) is 1.79. The van der Waals surface area contributed by atoms with Crippen molar-refractivity contribution in [3.05, 3.63) is 15.9 Å². The molecular weight excluding hydrogens is 284 g/mol. The van der Waals surface area contributed by atoms with Crippen molar-refractivity contribution in [3.8, 4) is 0 Å². The van der Waals surface area contributed by atoms with E-state index in [9.17, 15) is 4.79 Å². The number of amides is 1. The van der Waals surface area contributed by atoms with Gasteiger partial charge in [0.05, 0.1) is 16.7 Å². The fraction of sp³-hybridized carbons (Fsp3) is 0.636. The van der Waals surface area contributed by atoms with E-state index in [1.807, 2.05) is 18.5 Å². The fourth-order valence-corrected chi connectivity index (χ4v) is 2.07. The van der Waals surface area contributed by atoms with E-state index in [4.69, 9.17) is 5.73 Å². The second-order valence-corrected chi connectivity index (χ2v) is 5.36. The zero-order valence-electron chi connectivity index (χ0n) is 10.0. The van der Waals surface area contributed by atoms with Gasteiger partial charge in [0.1, 0.15) is 6.04 Å². The summed E-state index contributed by atoms with van der Waals surface area (Å²) in [7, 11) is 0. The number of halogens is 1. The third-order valence-corrected chi connectivity index (χ3v) is 4.15. The summed E-state index contributed by atoms with van der Waals surface area (Å²) in [6.45, 7) is 4.39. The van der Waals surface area contributed by atoms with Gasteiger partial charge in [0, 0.05) is 11.7 Å². The first kappa shape index (κ1) is 12.6. The van der Waals surface area contributed by atoms with Crippen LogP contribution >= 0.6 is 15.9 Å². The van der Waals surface area contributed by atoms with Crippen LogP contribution in [0.25, 0.3) is 0 Å². The minimum atomic E-state index is -0.340. The molecule has 1 aromatic heterocycles. The topological polar surface area (TPSA) is 72.9 Å². The number of hydrogen-bond acceptors (Lipinski definition) is 3. The molecule has 0 aliphatic heterocycles. The Bertz CT molecular complexity index is 439. The van der Waals surface area contributed by atoms with Crippen molar-refractivity contribution in [3.63, 3.8) is 0 Å². The Hall–Kier alpha value is -0.880. The van der Waals surface area contributed by atoms with E-state index in [0.29, 0.717) is 12.6 Å². The molecule has 1 unspecified atom stereocenters. The maximum absolute atomic E-state index is 11.4. The zero-order valence-corrected chi connectivity index (χ0v) is 11.6. The van der Waals surface area contributed by atoms with Gasteiger partial charge in [-0.25, -0.2) is 0 Å². The second kappa shape index (κ2) is 4.78. The minimum absolute atomic E-state index is 0.319. The zero-order chi connectivity index (χ0) is 12.6. The Morgan fingerprint density at radius 3 is 2.71 bits per heavy atom. The van der Waals surface area contributed by atoms with E-state index < -0.39 is 0 Å².